The number of epoxide rings is 1. The van der Waals surface area contributed by atoms with Gasteiger partial charge in [0.1, 0.15) is 0 Å². The van der Waals surface area contributed by atoms with Crippen LogP contribution in [0.2, 0.25) is 0 Å². The molecule has 0 atom stereocenters. The second-order valence-electron chi connectivity index (χ2n) is 6.63. The number of hydrogen-bond donors (Lipinski definition) is 2. The lowest BCUT2D eigenvalue weighted by atomic mass is 10.0. The van der Waals surface area contributed by atoms with Gasteiger partial charge in [0, 0.05) is 0 Å². The van der Waals surface area contributed by atoms with E-state index < -0.39 is 10.1 Å². The number of benzene rings is 1. The maximum atomic E-state index is 11.3. The summed E-state index contributed by atoms with van der Waals surface area (Å²) in [5.74, 6) is 0. The molecule has 1 saturated heterocycles. The van der Waals surface area contributed by atoms with E-state index in [0.29, 0.717) is 6.42 Å². The lowest BCUT2D eigenvalue weighted by molar-refractivity contribution is 0.475. The Labute approximate surface area is 159 Å². The molecular formula is C20H37NO4S. The maximum absolute atomic E-state index is 11.3. The molecule has 5 nitrogen and oxygen atoms in total. The Morgan fingerprint density at radius 1 is 0.885 bits per heavy atom. The molecule has 2 rings (SSSR count). The lowest BCUT2D eigenvalue weighted by Crippen LogP contribution is -2.03. The molecule has 0 unspecified atom stereocenters. The van der Waals surface area contributed by atoms with Crippen molar-refractivity contribution < 1.29 is 17.7 Å². The van der Waals surface area contributed by atoms with Gasteiger partial charge >= 0.3 is 0 Å². The molecular weight excluding hydrogens is 350 g/mol. The number of rotatable bonds is 12. The third kappa shape index (κ3) is 13.3. The van der Waals surface area contributed by atoms with Crippen molar-refractivity contribution in [3.8, 4) is 0 Å². The highest BCUT2D eigenvalue weighted by molar-refractivity contribution is 7.85. The average Bonchev–Trinajstić information content (AvgIpc) is 3.45. The minimum absolute atomic E-state index is 0. The summed E-state index contributed by atoms with van der Waals surface area (Å²) < 4.78 is 36.3. The Kier molecular flexibility index (Phi) is 14.6. The molecule has 6 heteroatoms. The summed E-state index contributed by atoms with van der Waals surface area (Å²) in [6, 6.07) is 6.73. The molecule has 152 valence electrons. The van der Waals surface area contributed by atoms with Crippen molar-refractivity contribution in [3.63, 3.8) is 0 Å². The van der Waals surface area contributed by atoms with Gasteiger partial charge in [0.2, 0.25) is 0 Å². The molecule has 1 fully saturated rings. The summed E-state index contributed by atoms with van der Waals surface area (Å²) in [6.45, 7) is 4.24. The summed E-state index contributed by atoms with van der Waals surface area (Å²) in [5, 5.41) is 0. The predicted octanol–water partition coefficient (Wildman–Crippen LogP) is 5.58. The third-order valence-corrected chi connectivity index (χ3v) is 5.21. The van der Waals surface area contributed by atoms with Crippen molar-refractivity contribution in [2.24, 2.45) is 0 Å². The van der Waals surface area contributed by atoms with Crippen LogP contribution in [0.4, 0.5) is 0 Å². The van der Waals surface area contributed by atoms with Gasteiger partial charge in [-0.15, -0.1) is 0 Å². The zero-order valence-corrected chi connectivity index (χ0v) is 17.1. The van der Waals surface area contributed by atoms with Crippen molar-refractivity contribution in [1.82, 2.24) is 6.15 Å². The van der Waals surface area contributed by atoms with Crippen LogP contribution in [0.15, 0.2) is 29.2 Å². The Bertz CT molecular complexity index is 556. The van der Waals surface area contributed by atoms with Gasteiger partial charge in [-0.1, -0.05) is 82.9 Å². The Balaban J connectivity index is 0.00000141. The van der Waals surface area contributed by atoms with Gasteiger partial charge in [-0.05, 0) is 24.5 Å². The molecule has 4 N–H and O–H groups in total. The topological polar surface area (TPSA) is 102 Å². The van der Waals surface area contributed by atoms with Gasteiger partial charge in [0.05, 0.1) is 18.1 Å². The van der Waals surface area contributed by atoms with Crippen molar-refractivity contribution >= 4 is 10.1 Å². The van der Waals surface area contributed by atoms with E-state index in [9.17, 15) is 13.0 Å². The molecule has 0 aromatic heterocycles. The molecule has 1 aliphatic rings. The largest absolute Gasteiger partial charge is 0.377 e. The van der Waals surface area contributed by atoms with Gasteiger partial charge in [-0.3, -0.25) is 4.55 Å². The fourth-order valence-electron chi connectivity index (χ4n) is 2.76. The van der Waals surface area contributed by atoms with E-state index >= 15 is 0 Å². The number of aryl methyl sites for hydroxylation is 1. The smallest absolute Gasteiger partial charge is 0.294 e. The van der Waals surface area contributed by atoms with E-state index in [0.717, 1.165) is 31.6 Å². The van der Waals surface area contributed by atoms with Gasteiger partial charge in [-0.25, -0.2) is 0 Å². The second kappa shape index (κ2) is 15.1. The summed E-state index contributed by atoms with van der Waals surface area (Å²) in [6.07, 6.45) is 13.3. The molecule has 1 aromatic rings. The van der Waals surface area contributed by atoms with Crippen molar-refractivity contribution in [3.05, 3.63) is 29.8 Å². The minimum Gasteiger partial charge on any atom is -0.377 e. The minimum atomic E-state index is -4.10. The molecule has 0 spiro atoms. The van der Waals surface area contributed by atoms with Crippen LogP contribution in [0.5, 0.6) is 0 Å². The molecule has 0 bridgehead atoms. The van der Waals surface area contributed by atoms with Gasteiger partial charge in [-0.2, -0.15) is 8.42 Å². The summed E-state index contributed by atoms with van der Waals surface area (Å²) in [4.78, 5) is 0.0610. The van der Waals surface area contributed by atoms with E-state index in [-0.39, 0.29) is 11.0 Å². The first-order chi connectivity index (χ1) is 12.1. The molecule has 1 aliphatic heterocycles. The third-order valence-electron chi connectivity index (χ3n) is 4.25. The van der Waals surface area contributed by atoms with Gasteiger partial charge < -0.3 is 10.9 Å². The van der Waals surface area contributed by atoms with Crippen LogP contribution < -0.4 is 6.15 Å². The summed E-state index contributed by atoms with van der Waals surface area (Å²) in [7, 11) is -4.10. The first kappa shape index (κ1) is 25.1. The van der Waals surface area contributed by atoms with Crippen molar-refractivity contribution in [2.75, 3.05) is 13.2 Å². The Morgan fingerprint density at radius 2 is 1.35 bits per heavy atom. The highest BCUT2D eigenvalue weighted by Gasteiger charge is 2.13. The SMILES string of the molecule is C1CO1.CCCCCCCCCCCCc1ccccc1S(=O)(=O)O.N. The van der Waals surface area contributed by atoms with E-state index in [1.165, 1.54) is 57.4 Å². The first-order valence-corrected chi connectivity index (χ1v) is 11.1. The molecule has 0 aliphatic carbocycles. The van der Waals surface area contributed by atoms with Crippen LogP contribution in [0.1, 0.15) is 76.7 Å². The van der Waals surface area contributed by atoms with Crippen LogP contribution in [0, 0.1) is 0 Å². The Hall–Kier alpha value is -0.950. The molecule has 1 aromatic carbocycles. The highest BCUT2D eigenvalue weighted by Crippen LogP contribution is 2.18. The van der Waals surface area contributed by atoms with Gasteiger partial charge in [0.15, 0.2) is 0 Å². The molecule has 0 amide bonds. The standard InChI is InChI=1S/C18H30O3S.C2H4O.H3N/c1-2-3-4-5-6-7-8-9-10-11-14-17-15-12-13-16-18(17)22(19,20)21;1-2-3-1;/h12-13,15-16H,2-11,14H2,1H3,(H,19,20,21);1-2H2;1H3. The van der Waals surface area contributed by atoms with Crippen molar-refractivity contribution in [1.29, 1.82) is 0 Å². The zero-order chi connectivity index (χ0) is 18.4. The van der Waals surface area contributed by atoms with E-state index in [1.807, 2.05) is 6.07 Å². The van der Waals surface area contributed by atoms with Crippen LogP contribution in [-0.4, -0.2) is 26.2 Å². The fourth-order valence-corrected chi connectivity index (χ4v) is 3.52. The van der Waals surface area contributed by atoms with Crippen LogP contribution in [-0.2, 0) is 21.3 Å². The lowest BCUT2D eigenvalue weighted by Gasteiger charge is -2.07. The molecule has 26 heavy (non-hydrogen) atoms. The average molecular weight is 388 g/mol. The van der Waals surface area contributed by atoms with Crippen molar-refractivity contribution in [2.45, 2.75) is 82.4 Å². The van der Waals surface area contributed by atoms with Crippen LogP contribution in [0.3, 0.4) is 0 Å². The van der Waals surface area contributed by atoms with E-state index in [4.69, 9.17) is 0 Å². The van der Waals surface area contributed by atoms with E-state index in [2.05, 4.69) is 11.7 Å². The Morgan fingerprint density at radius 3 is 1.81 bits per heavy atom. The number of ether oxygens (including phenoxy) is 1. The molecule has 1 heterocycles. The van der Waals surface area contributed by atoms with E-state index in [1.54, 1.807) is 12.1 Å². The maximum Gasteiger partial charge on any atom is 0.294 e. The zero-order valence-electron chi connectivity index (χ0n) is 16.3. The van der Waals surface area contributed by atoms with Crippen LogP contribution >= 0.6 is 0 Å². The first-order valence-electron chi connectivity index (χ1n) is 9.69. The monoisotopic (exact) mass is 387 g/mol. The summed E-state index contributed by atoms with van der Waals surface area (Å²) >= 11 is 0. The number of unbranched alkanes of at least 4 members (excludes halogenated alkanes) is 9. The molecule has 0 saturated carbocycles. The second-order valence-corrected chi connectivity index (χ2v) is 8.02. The molecule has 0 radical (unpaired) electrons. The fraction of sp³-hybridized carbons (Fsp3) is 0.700. The number of hydrogen-bond acceptors (Lipinski definition) is 4. The quantitative estimate of drug-likeness (QED) is 0.277. The van der Waals surface area contributed by atoms with Gasteiger partial charge in [0.25, 0.3) is 10.1 Å². The highest BCUT2D eigenvalue weighted by atomic mass is 32.2. The normalized spacial score (nSPS) is 12.7. The predicted molar refractivity (Wildman–Crippen MR) is 108 cm³/mol. The summed E-state index contributed by atoms with van der Waals surface area (Å²) in [5.41, 5.74) is 0.726. The van der Waals surface area contributed by atoms with Crippen LogP contribution in [0.25, 0.3) is 0 Å².